The molecule has 2 aliphatic heterocycles. The van der Waals surface area contributed by atoms with Gasteiger partial charge in [0, 0.05) is 24.0 Å². The van der Waals surface area contributed by atoms with Crippen molar-refractivity contribution in [1.29, 1.82) is 0 Å². The Labute approximate surface area is 148 Å². The Morgan fingerprint density at radius 1 is 1.48 bits per heavy atom. The predicted molar refractivity (Wildman–Crippen MR) is 92.7 cm³/mol. The molecule has 136 valence electrons. The quantitative estimate of drug-likeness (QED) is 0.332. The molecule has 0 radical (unpaired) electrons. The first kappa shape index (κ1) is 17.9. The van der Waals surface area contributed by atoms with Gasteiger partial charge < -0.3 is 14.2 Å². The minimum Gasteiger partial charge on any atom is -0.458 e. The second-order valence-corrected chi connectivity index (χ2v) is 7.52. The van der Waals surface area contributed by atoms with Crippen LogP contribution in [0, 0.1) is 5.92 Å². The molecule has 3 rings (SSSR count). The molecular formula is C20H26O5. The van der Waals surface area contributed by atoms with Crippen LogP contribution >= 0.6 is 0 Å². The molecule has 0 spiro atoms. The molecule has 2 saturated heterocycles. The van der Waals surface area contributed by atoms with Gasteiger partial charge in [0.15, 0.2) is 0 Å². The van der Waals surface area contributed by atoms with Gasteiger partial charge in [-0.25, -0.2) is 9.59 Å². The maximum Gasteiger partial charge on any atom is 0.334 e. The van der Waals surface area contributed by atoms with E-state index in [0.717, 1.165) is 12.0 Å². The van der Waals surface area contributed by atoms with E-state index in [1.807, 2.05) is 13.8 Å². The first-order valence-electron chi connectivity index (χ1n) is 8.82. The third kappa shape index (κ3) is 3.43. The average Bonchev–Trinajstić information content (AvgIpc) is 3.11. The summed E-state index contributed by atoms with van der Waals surface area (Å²) in [7, 11) is 0. The summed E-state index contributed by atoms with van der Waals surface area (Å²) in [6, 6.07) is 0. The number of hydrogen-bond donors (Lipinski definition) is 0. The summed E-state index contributed by atoms with van der Waals surface area (Å²) in [6.45, 7) is 11.5. The second-order valence-electron chi connectivity index (χ2n) is 7.52. The molecule has 2 heterocycles. The second kappa shape index (κ2) is 6.45. The maximum atomic E-state index is 12.3. The molecule has 5 heteroatoms. The van der Waals surface area contributed by atoms with Crippen molar-refractivity contribution in [2.75, 3.05) is 0 Å². The van der Waals surface area contributed by atoms with Gasteiger partial charge in [-0.3, -0.25) is 0 Å². The van der Waals surface area contributed by atoms with Gasteiger partial charge in [0.25, 0.3) is 0 Å². The number of carbonyl (C=O) groups excluding carboxylic acids is 2. The maximum absolute atomic E-state index is 12.3. The summed E-state index contributed by atoms with van der Waals surface area (Å²) in [5.41, 5.74) is 1.75. The molecule has 0 aromatic heterocycles. The molecule has 2 fully saturated rings. The zero-order valence-electron chi connectivity index (χ0n) is 15.3. The van der Waals surface area contributed by atoms with Crippen LogP contribution in [-0.2, 0) is 23.8 Å². The molecular weight excluding hydrogens is 320 g/mol. The normalized spacial score (nSPS) is 40.3. The van der Waals surface area contributed by atoms with Gasteiger partial charge in [0.05, 0.1) is 17.6 Å². The van der Waals surface area contributed by atoms with Crippen LogP contribution in [0.25, 0.3) is 0 Å². The van der Waals surface area contributed by atoms with E-state index in [-0.39, 0.29) is 29.7 Å². The first-order valence-corrected chi connectivity index (χ1v) is 8.82. The summed E-state index contributed by atoms with van der Waals surface area (Å²) < 4.78 is 17.2. The van der Waals surface area contributed by atoms with Crippen molar-refractivity contribution in [2.24, 2.45) is 5.92 Å². The number of carbonyl (C=O) groups is 2. The highest BCUT2D eigenvalue weighted by atomic mass is 16.6. The van der Waals surface area contributed by atoms with Crippen LogP contribution in [0.2, 0.25) is 0 Å². The Morgan fingerprint density at radius 3 is 2.88 bits per heavy atom. The Balaban J connectivity index is 1.92. The average molecular weight is 346 g/mol. The summed E-state index contributed by atoms with van der Waals surface area (Å²) in [5, 5.41) is 0. The highest BCUT2D eigenvalue weighted by Gasteiger charge is 2.57. The van der Waals surface area contributed by atoms with E-state index >= 15 is 0 Å². The molecule has 5 nitrogen and oxygen atoms in total. The van der Waals surface area contributed by atoms with Crippen molar-refractivity contribution in [1.82, 2.24) is 0 Å². The molecule has 3 aliphatic rings. The minimum absolute atomic E-state index is 0.153. The lowest BCUT2D eigenvalue weighted by Crippen LogP contribution is -2.36. The van der Waals surface area contributed by atoms with Crippen LogP contribution in [0.5, 0.6) is 0 Å². The monoisotopic (exact) mass is 346 g/mol. The van der Waals surface area contributed by atoms with Crippen LogP contribution in [0.3, 0.4) is 0 Å². The van der Waals surface area contributed by atoms with E-state index in [1.54, 1.807) is 19.9 Å². The van der Waals surface area contributed by atoms with Gasteiger partial charge >= 0.3 is 11.9 Å². The SMILES string of the molecule is C=C1C(=O)O[C@H]2C[C@]3(C)O[C@H]3C/C=C(/C)C[C@H](OC(=O)/C(C)=C\C)[C@H]12. The summed E-state index contributed by atoms with van der Waals surface area (Å²) in [6.07, 6.45) is 5.14. The minimum atomic E-state index is -0.471. The van der Waals surface area contributed by atoms with Crippen molar-refractivity contribution in [3.8, 4) is 0 Å². The molecule has 0 aromatic carbocycles. The summed E-state index contributed by atoms with van der Waals surface area (Å²) in [5.74, 6) is -1.11. The molecule has 0 saturated carbocycles. The first-order chi connectivity index (χ1) is 11.7. The highest BCUT2D eigenvalue weighted by Crippen LogP contribution is 2.48. The van der Waals surface area contributed by atoms with Crippen LogP contribution in [0.4, 0.5) is 0 Å². The van der Waals surface area contributed by atoms with Crippen molar-refractivity contribution in [2.45, 2.75) is 70.9 Å². The Hall–Kier alpha value is -1.88. The Kier molecular flexibility index (Phi) is 4.62. The number of fused-ring (bicyclic) bond motifs is 2. The van der Waals surface area contributed by atoms with Crippen molar-refractivity contribution in [3.05, 3.63) is 35.5 Å². The van der Waals surface area contributed by atoms with E-state index in [2.05, 4.69) is 12.7 Å². The van der Waals surface area contributed by atoms with E-state index < -0.39 is 12.1 Å². The van der Waals surface area contributed by atoms with Gasteiger partial charge in [-0.05, 0) is 34.1 Å². The van der Waals surface area contributed by atoms with Crippen molar-refractivity contribution < 1.29 is 23.8 Å². The molecule has 1 aliphatic carbocycles. The van der Waals surface area contributed by atoms with Crippen LogP contribution in [0.1, 0.15) is 47.0 Å². The zero-order chi connectivity index (χ0) is 18.4. The molecule has 0 aromatic rings. The standard InChI is InChI=1S/C20H26O5/c1-6-12(3)18(21)23-14-9-11(2)7-8-16-20(5,25-16)10-15-17(14)13(4)19(22)24-15/h6-7,14-17H,4,8-10H2,1-3,5H3/b11-7-,12-6-/t14-,15-,16-,17-,20-/m0/s1. The Morgan fingerprint density at radius 2 is 2.20 bits per heavy atom. The smallest absolute Gasteiger partial charge is 0.334 e. The third-order valence-corrected chi connectivity index (χ3v) is 5.58. The molecule has 0 bridgehead atoms. The molecule has 0 amide bonds. The van der Waals surface area contributed by atoms with Crippen LogP contribution < -0.4 is 0 Å². The molecule has 25 heavy (non-hydrogen) atoms. The van der Waals surface area contributed by atoms with Gasteiger partial charge in [-0.15, -0.1) is 0 Å². The van der Waals surface area contributed by atoms with Gasteiger partial charge in [-0.1, -0.05) is 24.3 Å². The van der Waals surface area contributed by atoms with E-state index in [0.29, 0.717) is 24.0 Å². The lowest BCUT2D eigenvalue weighted by Gasteiger charge is -2.29. The van der Waals surface area contributed by atoms with Crippen LogP contribution in [0.15, 0.2) is 35.5 Å². The third-order valence-electron chi connectivity index (χ3n) is 5.58. The van der Waals surface area contributed by atoms with E-state index in [4.69, 9.17) is 14.2 Å². The fourth-order valence-corrected chi connectivity index (χ4v) is 3.75. The number of rotatable bonds is 2. The lowest BCUT2D eigenvalue weighted by molar-refractivity contribution is -0.148. The number of epoxide rings is 1. The molecule has 0 unspecified atom stereocenters. The van der Waals surface area contributed by atoms with Gasteiger partial charge in [0.2, 0.25) is 0 Å². The van der Waals surface area contributed by atoms with Gasteiger partial charge in [0.1, 0.15) is 12.2 Å². The molecule has 5 atom stereocenters. The number of hydrogen-bond acceptors (Lipinski definition) is 5. The summed E-state index contributed by atoms with van der Waals surface area (Å²) >= 11 is 0. The lowest BCUT2D eigenvalue weighted by atomic mass is 9.82. The predicted octanol–water partition coefficient (Wildman–Crippen LogP) is 3.25. The van der Waals surface area contributed by atoms with Crippen LogP contribution in [-0.4, -0.2) is 35.9 Å². The van der Waals surface area contributed by atoms with E-state index in [1.165, 1.54) is 0 Å². The topological polar surface area (TPSA) is 65.1 Å². The Bertz CT molecular complexity index is 674. The highest BCUT2D eigenvalue weighted by molar-refractivity contribution is 5.91. The largest absolute Gasteiger partial charge is 0.458 e. The molecule has 0 N–H and O–H groups in total. The van der Waals surface area contributed by atoms with E-state index in [9.17, 15) is 9.59 Å². The van der Waals surface area contributed by atoms with Crippen molar-refractivity contribution >= 4 is 11.9 Å². The van der Waals surface area contributed by atoms with Crippen molar-refractivity contribution in [3.63, 3.8) is 0 Å². The number of esters is 2. The van der Waals surface area contributed by atoms with Gasteiger partial charge in [-0.2, -0.15) is 0 Å². The zero-order valence-corrected chi connectivity index (χ0v) is 15.3. The number of allylic oxidation sites excluding steroid dienone is 1. The fourth-order valence-electron chi connectivity index (χ4n) is 3.75. The fraction of sp³-hybridized carbons (Fsp3) is 0.600. The number of ether oxygens (including phenoxy) is 3. The summed E-state index contributed by atoms with van der Waals surface area (Å²) in [4.78, 5) is 24.5.